The molecule has 0 amide bonds. The van der Waals surface area contributed by atoms with Crippen molar-refractivity contribution in [3.8, 4) is 0 Å². The Morgan fingerprint density at radius 2 is 2.31 bits per heavy atom. The predicted octanol–water partition coefficient (Wildman–Crippen LogP) is 3.42. The first-order valence-corrected chi connectivity index (χ1v) is 5.19. The van der Waals surface area contributed by atoms with Crippen LogP contribution in [0.4, 0.5) is 0 Å². The van der Waals surface area contributed by atoms with Crippen LogP contribution in [0.1, 0.15) is 18.9 Å². The van der Waals surface area contributed by atoms with Crippen molar-refractivity contribution in [3.05, 3.63) is 40.5 Å². The molecule has 1 aromatic carbocycles. The van der Waals surface area contributed by atoms with Crippen molar-refractivity contribution in [2.45, 2.75) is 13.3 Å². The molecule has 0 atom stereocenters. The van der Waals surface area contributed by atoms with Gasteiger partial charge in [-0.15, -0.1) is 0 Å². The Balaban J connectivity index is 2.98. The second-order valence-electron chi connectivity index (χ2n) is 2.82. The molecule has 70 valence electrons. The number of allylic oxidation sites excluding steroid dienone is 1. The molecule has 1 N–H and O–H groups in total. The normalized spacial score (nSPS) is 11.5. The van der Waals surface area contributed by atoms with Crippen molar-refractivity contribution in [2.75, 3.05) is 7.05 Å². The minimum atomic E-state index is 1.04. The highest BCUT2D eigenvalue weighted by molar-refractivity contribution is 9.10. The Hall–Kier alpha value is -0.760. The average Bonchev–Trinajstić information content (AvgIpc) is 2.14. The molecule has 0 aromatic heterocycles. The summed E-state index contributed by atoms with van der Waals surface area (Å²) in [5, 5.41) is 3.06. The topological polar surface area (TPSA) is 12.0 Å². The fraction of sp³-hybridized carbons (Fsp3) is 0.273. The first-order chi connectivity index (χ1) is 6.27. The van der Waals surface area contributed by atoms with E-state index in [9.17, 15) is 0 Å². The maximum absolute atomic E-state index is 3.46. The van der Waals surface area contributed by atoms with Gasteiger partial charge in [-0.05, 0) is 35.9 Å². The Morgan fingerprint density at radius 3 is 2.85 bits per heavy atom. The lowest BCUT2D eigenvalue weighted by Crippen LogP contribution is -1.95. The van der Waals surface area contributed by atoms with E-state index < -0.39 is 0 Å². The molecule has 1 rings (SSSR count). The van der Waals surface area contributed by atoms with Gasteiger partial charge in [-0.2, -0.15) is 0 Å². The zero-order valence-electron chi connectivity index (χ0n) is 7.97. The Bertz CT molecular complexity index is 305. The van der Waals surface area contributed by atoms with Crippen LogP contribution in [0, 0.1) is 0 Å². The van der Waals surface area contributed by atoms with Crippen molar-refractivity contribution in [1.82, 2.24) is 5.32 Å². The Kier molecular flexibility index (Phi) is 4.03. The third kappa shape index (κ3) is 2.88. The van der Waals surface area contributed by atoms with Gasteiger partial charge >= 0.3 is 0 Å². The Morgan fingerprint density at radius 1 is 1.54 bits per heavy atom. The molecule has 0 fully saturated rings. The van der Waals surface area contributed by atoms with Gasteiger partial charge in [0, 0.05) is 11.5 Å². The molecule has 0 unspecified atom stereocenters. The van der Waals surface area contributed by atoms with Crippen LogP contribution in [-0.4, -0.2) is 7.05 Å². The largest absolute Gasteiger partial charge is 0.394 e. The number of benzene rings is 1. The minimum Gasteiger partial charge on any atom is -0.394 e. The Labute approximate surface area is 88.0 Å². The molecular weight excluding hydrogens is 226 g/mol. The summed E-state index contributed by atoms with van der Waals surface area (Å²) in [4.78, 5) is 0. The standard InChI is InChI=1S/C11H14BrN/c1-3-9(8-13-2)10-5-4-6-11(12)7-10/h4-8,13H,3H2,1-2H3/b9-8-. The number of hydrogen-bond acceptors (Lipinski definition) is 1. The van der Waals surface area contributed by atoms with E-state index in [1.54, 1.807) is 0 Å². The maximum atomic E-state index is 3.46. The summed E-state index contributed by atoms with van der Waals surface area (Å²) in [6.07, 6.45) is 3.08. The van der Waals surface area contributed by atoms with Gasteiger partial charge in [0.2, 0.25) is 0 Å². The number of nitrogens with one attached hydrogen (secondary N) is 1. The van der Waals surface area contributed by atoms with E-state index >= 15 is 0 Å². The fourth-order valence-corrected chi connectivity index (χ4v) is 1.65. The van der Waals surface area contributed by atoms with Gasteiger partial charge in [0.15, 0.2) is 0 Å². The molecule has 0 heterocycles. The molecule has 1 nitrogen and oxygen atoms in total. The molecule has 0 aliphatic carbocycles. The van der Waals surface area contributed by atoms with Crippen LogP contribution < -0.4 is 5.32 Å². The van der Waals surface area contributed by atoms with E-state index in [0.717, 1.165) is 10.9 Å². The van der Waals surface area contributed by atoms with Gasteiger partial charge in [0.1, 0.15) is 0 Å². The lowest BCUT2D eigenvalue weighted by atomic mass is 10.1. The highest BCUT2D eigenvalue weighted by Crippen LogP contribution is 2.20. The summed E-state index contributed by atoms with van der Waals surface area (Å²) in [6, 6.07) is 8.35. The van der Waals surface area contributed by atoms with Crippen LogP contribution >= 0.6 is 15.9 Å². The first-order valence-electron chi connectivity index (χ1n) is 4.40. The molecule has 0 bridgehead atoms. The van der Waals surface area contributed by atoms with Crippen molar-refractivity contribution in [1.29, 1.82) is 0 Å². The van der Waals surface area contributed by atoms with E-state index in [-0.39, 0.29) is 0 Å². The second-order valence-corrected chi connectivity index (χ2v) is 3.74. The lowest BCUT2D eigenvalue weighted by molar-refractivity contribution is 1.08. The molecule has 0 spiro atoms. The number of halogens is 1. The number of hydrogen-bond donors (Lipinski definition) is 1. The third-order valence-electron chi connectivity index (χ3n) is 1.89. The molecule has 0 saturated heterocycles. The summed E-state index contributed by atoms with van der Waals surface area (Å²) < 4.78 is 1.13. The molecule has 0 saturated carbocycles. The van der Waals surface area contributed by atoms with Crippen molar-refractivity contribution >= 4 is 21.5 Å². The third-order valence-corrected chi connectivity index (χ3v) is 2.39. The zero-order valence-corrected chi connectivity index (χ0v) is 9.56. The lowest BCUT2D eigenvalue weighted by Gasteiger charge is -2.05. The molecule has 0 aliphatic rings. The van der Waals surface area contributed by atoms with Crippen LogP contribution in [-0.2, 0) is 0 Å². The summed E-state index contributed by atoms with van der Waals surface area (Å²) in [7, 11) is 1.92. The van der Waals surface area contributed by atoms with Crippen LogP contribution in [0.15, 0.2) is 34.9 Å². The van der Waals surface area contributed by atoms with Crippen molar-refractivity contribution < 1.29 is 0 Å². The quantitative estimate of drug-likeness (QED) is 0.853. The fourth-order valence-electron chi connectivity index (χ4n) is 1.25. The molecular formula is C11H14BrN. The smallest absolute Gasteiger partial charge is 0.0181 e. The van der Waals surface area contributed by atoms with E-state index in [1.165, 1.54) is 11.1 Å². The maximum Gasteiger partial charge on any atom is 0.0181 e. The monoisotopic (exact) mass is 239 g/mol. The molecule has 0 aliphatic heterocycles. The van der Waals surface area contributed by atoms with Gasteiger partial charge < -0.3 is 5.32 Å². The summed E-state index contributed by atoms with van der Waals surface area (Å²) in [5.74, 6) is 0. The van der Waals surface area contributed by atoms with Crippen molar-refractivity contribution in [2.24, 2.45) is 0 Å². The first kappa shape index (κ1) is 10.3. The molecule has 0 radical (unpaired) electrons. The highest BCUT2D eigenvalue weighted by Gasteiger charge is 1.98. The van der Waals surface area contributed by atoms with E-state index in [1.807, 2.05) is 19.3 Å². The molecule has 13 heavy (non-hydrogen) atoms. The van der Waals surface area contributed by atoms with Gasteiger partial charge in [-0.25, -0.2) is 0 Å². The van der Waals surface area contributed by atoms with Gasteiger partial charge in [0.05, 0.1) is 0 Å². The van der Waals surface area contributed by atoms with Crippen molar-refractivity contribution in [3.63, 3.8) is 0 Å². The molecule has 2 heteroatoms. The zero-order chi connectivity index (χ0) is 9.68. The summed E-state index contributed by atoms with van der Waals surface area (Å²) in [5.41, 5.74) is 2.59. The van der Waals surface area contributed by atoms with Crippen LogP contribution in [0.2, 0.25) is 0 Å². The summed E-state index contributed by atoms with van der Waals surface area (Å²) >= 11 is 3.46. The van der Waals surface area contributed by atoms with Gasteiger partial charge in [-0.3, -0.25) is 0 Å². The van der Waals surface area contributed by atoms with E-state index in [0.29, 0.717) is 0 Å². The van der Waals surface area contributed by atoms with Crippen LogP contribution in [0.3, 0.4) is 0 Å². The van der Waals surface area contributed by atoms with E-state index in [2.05, 4.69) is 46.4 Å². The molecule has 1 aromatic rings. The highest BCUT2D eigenvalue weighted by atomic mass is 79.9. The van der Waals surface area contributed by atoms with Crippen LogP contribution in [0.5, 0.6) is 0 Å². The minimum absolute atomic E-state index is 1.04. The number of rotatable bonds is 3. The summed E-state index contributed by atoms with van der Waals surface area (Å²) in [6.45, 7) is 2.16. The van der Waals surface area contributed by atoms with Gasteiger partial charge in [0.25, 0.3) is 0 Å². The average molecular weight is 240 g/mol. The van der Waals surface area contributed by atoms with Gasteiger partial charge in [-0.1, -0.05) is 35.0 Å². The second kappa shape index (κ2) is 5.07. The van der Waals surface area contributed by atoms with Crippen LogP contribution in [0.25, 0.3) is 5.57 Å². The SMILES string of the molecule is CC/C(=C/NC)c1cccc(Br)c1. The predicted molar refractivity (Wildman–Crippen MR) is 61.5 cm³/mol. The van der Waals surface area contributed by atoms with E-state index in [4.69, 9.17) is 0 Å².